The molecule has 0 saturated carbocycles. The molecule has 0 radical (unpaired) electrons. The number of anilines is 1. The molecular weight excluding hydrogens is 210 g/mol. The molecule has 15 heavy (non-hydrogen) atoms. The van der Waals surface area contributed by atoms with Gasteiger partial charge in [0, 0.05) is 19.7 Å². The van der Waals surface area contributed by atoms with Crippen LogP contribution in [0.4, 0.5) is 5.82 Å². The average Bonchev–Trinajstić information content (AvgIpc) is 2.14. The zero-order chi connectivity index (χ0) is 11.3. The van der Waals surface area contributed by atoms with Crippen LogP contribution in [0.25, 0.3) is 0 Å². The highest BCUT2D eigenvalue weighted by molar-refractivity contribution is 7.71. The Labute approximate surface area is 95.1 Å². The minimum Gasteiger partial charge on any atom is -0.377 e. The van der Waals surface area contributed by atoms with Gasteiger partial charge in [-0.15, -0.1) is 0 Å². The van der Waals surface area contributed by atoms with Crippen molar-refractivity contribution < 1.29 is 4.74 Å². The summed E-state index contributed by atoms with van der Waals surface area (Å²) >= 11 is 5.05. The molecule has 0 bridgehead atoms. The van der Waals surface area contributed by atoms with Gasteiger partial charge >= 0.3 is 0 Å². The van der Waals surface area contributed by atoms with E-state index in [-0.39, 0.29) is 0 Å². The van der Waals surface area contributed by atoms with Crippen LogP contribution in [0.3, 0.4) is 0 Å². The van der Waals surface area contributed by atoms with Gasteiger partial charge in [-0.1, -0.05) is 26.1 Å². The summed E-state index contributed by atoms with van der Waals surface area (Å²) in [6.45, 7) is 5.65. The van der Waals surface area contributed by atoms with Gasteiger partial charge in [-0.05, 0) is 5.92 Å². The van der Waals surface area contributed by atoms with E-state index < -0.39 is 0 Å². The van der Waals surface area contributed by atoms with E-state index in [0.29, 0.717) is 17.2 Å². The molecule has 1 aromatic heterocycles. The molecule has 1 aromatic rings. The lowest BCUT2D eigenvalue weighted by Gasteiger charge is -2.10. The van der Waals surface area contributed by atoms with E-state index in [1.165, 1.54) is 0 Å². The van der Waals surface area contributed by atoms with Gasteiger partial charge in [0.1, 0.15) is 22.9 Å². The van der Waals surface area contributed by atoms with E-state index in [1.807, 2.05) is 6.07 Å². The van der Waals surface area contributed by atoms with Crippen molar-refractivity contribution in [2.24, 2.45) is 5.92 Å². The number of rotatable bonds is 5. The Hall–Kier alpha value is -0.940. The lowest BCUT2D eigenvalue weighted by Crippen LogP contribution is -2.10. The Kier molecular flexibility index (Phi) is 4.71. The molecule has 0 saturated heterocycles. The number of ether oxygens (including phenoxy) is 1. The SMILES string of the molecule is COCc1nc(=S)cc(NCC(C)C)[nH]1. The van der Waals surface area contributed by atoms with Gasteiger partial charge in [-0.25, -0.2) is 4.98 Å². The summed E-state index contributed by atoms with van der Waals surface area (Å²) in [6.07, 6.45) is 0. The fourth-order valence-electron chi connectivity index (χ4n) is 1.12. The molecule has 0 aliphatic rings. The fourth-order valence-corrected chi connectivity index (χ4v) is 1.35. The molecule has 1 rings (SSSR count). The number of hydrogen-bond donors (Lipinski definition) is 2. The first-order chi connectivity index (χ1) is 7.11. The summed E-state index contributed by atoms with van der Waals surface area (Å²) in [6, 6.07) is 1.82. The quantitative estimate of drug-likeness (QED) is 0.758. The van der Waals surface area contributed by atoms with E-state index >= 15 is 0 Å². The molecule has 0 spiro atoms. The van der Waals surface area contributed by atoms with Gasteiger partial charge in [-0.2, -0.15) is 0 Å². The number of nitrogens with one attached hydrogen (secondary N) is 2. The Balaban J connectivity index is 2.75. The first-order valence-electron chi connectivity index (χ1n) is 4.95. The van der Waals surface area contributed by atoms with Crippen LogP contribution in [0.1, 0.15) is 19.7 Å². The fraction of sp³-hybridized carbons (Fsp3) is 0.600. The topological polar surface area (TPSA) is 49.9 Å². The largest absolute Gasteiger partial charge is 0.377 e. The number of aromatic amines is 1. The Morgan fingerprint density at radius 3 is 2.93 bits per heavy atom. The maximum absolute atomic E-state index is 5.05. The van der Waals surface area contributed by atoms with Crippen molar-refractivity contribution >= 4 is 18.0 Å². The van der Waals surface area contributed by atoms with Gasteiger partial charge in [0.25, 0.3) is 0 Å². The van der Waals surface area contributed by atoms with Crippen LogP contribution >= 0.6 is 12.2 Å². The molecular formula is C10H17N3OS. The monoisotopic (exact) mass is 227 g/mol. The van der Waals surface area contributed by atoms with Crippen molar-refractivity contribution in [1.82, 2.24) is 9.97 Å². The zero-order valence-corrected chi connectivity index (χ0v) is 10.1. The van der Waals surface area contributed by atoms with Gasteiger partial charge in [-0.3, -0.25) is 0 Å². The predicted octanol–water partition coefficient (Wildman–Crippen LogP) is 2.35. The molecule has 0 fully saturated rings. The third-order valence-electron chi connectivity index (χ3n) is 1.77. The van der Waals surface area contributed by atoms with Crippen molar-refractivity contribution in [3.05, 3.63) is 16.5 Å². The molecule has 0 unspecified atom stereocenters. The van der Waals surface area contributed by atoms with Gasteiger partial charge < -0.3 is 15.0 Å². The molecule has 0 aromatic carbocycles. The van der Waals surface area contributed by atoms with Crippen LogP contribution in [0, 0.1) is 10.6 Å². The van der Waals surface area contributed by atoms with Crippen molar-refractivity contribution in [2.75, 3.05) is 19.0 Å². The number of aromatic nitrogens is 2. The Bertz CT molecular complexity index is 362. The second-order valence-electron chi connectivity index (χ2n) is 3.79. The summed E-state index contributed by atoms with van der Waals surface area (Å²) < 4.78 is 5.57. The van der Waals surface area contributed by atoms with Crippen LogP contribution in [0.2, 0.25) is 0 Å². The summed E-state index contributed by atoms with van der Waals surface area (Å²) in [5.41, 5.74) is 0. The normalized spacial score (nSPS) is 10.7. The van der Waals surface area contributed by atoms with Gasteiger partial charge in [0.2, 0.25) is 0 Å². The van der Waals surface area contributed by atoms with Crippen LogP contribution in [0.5, 0.6) is 0 Å². The third-order valence-corrected chi connectivity index (χ3v) is 1.98. The Morgan fingerprint density at radius 1 is 1.60 bits per heavy atom. The van der Waals surface area contributed by atoms with Crippen molar-refractivity contribution in [3.63, 3.8) is 0 Å². The smallest absolute Gasteiger partial charge is 0.135 e. The summed E-state index contributed by atoms with van der Waals surface area (Å²) in [7, 11) is 1.63. The highest BCUT2D eigenvalue weighted by atomic mass is 32.1. The van der Waals surface area contributed by atoms with Crippen LogP contribution < -0.4 is 5.32 Å². The van der Waals surface area contributed by atoms with Crippen LogP contribution in [-0.2, 0) is 11.3 Å². The zero-order valence-electron chi connectivity index (χ0n) is 9.33. The van der Waals surface area contributed by atoms with E-state index in [4.69, 9.17) is 17.0 Å². The Morgan fingerprint density at radius 2 is 2.33 bits per heavy atom. The predicted molar refractivity (Wildman–Crippen MR) is 63.5 cm³/mol. The highest BCUT2D eigenvalue weighted by Crippen LogP contribution is 2.05. The highest BCUT2D eigenvalue weighted by Gasteiger charge is 1.99. The van der Waals surface area contributed by atoms with E-state index in [2.05, 4.69) is 29.1 Å². The lowest BCUT2D eigenvalue weighted by atomic mass is 10.2. The summed E-state index contributed by atoms with van der Waals surface area (Å²) in [5, 5.41) is 3.27. The minimum absolute atomic E-state index is 0.445. The van der Waals surface area contributed by atoms with E-state index in [1.54, 1.807) is 7.11 Å². The third kappa shape index (κ3) is 4.40. The number of nitrogens with zero attached hydrogens (tertiary/aromatic N) is 1. The first-order valence-corrected chi connectivity index (χ1v) is 5.35. The second-order valence-corrected chi connectivity index (χ2v) is 4.21. The number of methoxy groups -OCH3 is 1. The maximum atomic E-state index is 5.05. The molecule has 0 aliphatic carbocycles. The maximum Gasteiger partial charge on any atom is 0.135 e. The van der Waals surface area contributed by atoms with Crippen LogP contribution in [-0.4, -0.2) is 23.6 Å². The molecule has 84 valence electrons. The number of H-pyrrole nitrogens is 1. The molecule has 4 nitrogen and oxygen atoms in total. The molecule has 0 aliphatic heterocycles. The van der Waals surface area contributed by atoms with E-state index in [9.17, 15) is 0 Å². The van der Waals surface area contributed by atoms with Crippen molar-refractivity contribution in [3.8, 4) is 0 Å². The van der Waals surface area contributed by atoms with Gasteiger partial charge in [0.05, 0.1) is 0 Å². The average molecular weight is 227 g/mol. The standard InChI is InChI=1S/C10H17N3OS/c1-7(2)5-11-8-4-10(15)13-9(12-8)6-14-3/h4,7H,5-6H2,1-3H3,(H2,11,12,13,15). The summed E-state index contributed by atoms with van der Waals surface area (Å²) in [5.74, 6) is 2.23. The minimum atomic E-state index is 0.445. The van der Waals surface area contributed by atoms with Crippen LogP contribution in [0.15, 0.2) is 6.07 Å². The molecule has 2 N–H and O–H groups in total. The van der Waals surface area contributed by atoms with Gasteiger partial charge in [0.15, 0.2) is 0 Å². The van der Waals surface area contributed by atoms with Crippen molar-refractivity contribution in [2.45, 2.75) is 20.5 Å². The van der Waals surface area contributed by atoms with Crippen molar-refractivity contribution in [1.29, 1.82) is 0 Å². The molecule has 0 atom stereocenters. The lowest BCUT2D eigenvalue weighted by molar-refractivity contribution is 0.178. The number of hydrogen-bond acceptors (Lipinski definition) is 4. The first kappa shape index (κ1) is 12.1. The molecule has 1 heterocycles. The molecule has 5 heteroatoms. The van der Waals surface area contributed by atoms with E-state index in [0.717, 1.165) is 18.2 Å². The summed E-state index contributed by atoms with van der Waals surface area (Å²) in [4.78, 5) is 7.27. The molecule has 0 amide bonds. The second kappa shape index (κ2) is 5.82.